The molecule has 14 heavy (non-hydrogen) atoms. The normalized spacial score (nSPS) is 10.0. The predicted octanol–water partition coefficient (Wildman–Crippen LogP) is 0.125. The zero-order chi connectivity index (χ0) is 9.97. The fourth-order valence-electron chi connectivity index (χ4n) is 1.15. The number of aromatic amines is 2. The first-order valence-corrected chi connectivity index (χ1v) is 4.00. The molecule has 2 N–H and O–H groups in total. The van der Waals surface area contributed by atoms with E-state index in [-0.39, 0.29) is 0 Å². The monoisotopic (exact) mass is 189 g/mol. The van der Waals surface area contributed by atoms with Gasteiger partial charge in [-0.25, -0.2) is 4.79 Å². The molecule has 0 unspecified atom stereocenters. The van der Waals surface area contributed by atoms with Gasteiger partial charge in [-0.05, 0) is 6.07 Å². The van der Waals surface area contributed by atoms with Crippen LogP contribution in [-0.4, -0.2) is 15.0 Å². The lowest BCUT2D eigenvalue weighted by molar-refractivity contribution is 1.04. The molecule has 0 saturated heterocycles. The van der Waals surface area contributed by atoms with E-state index in [2.05, 4.69) is 15.0 Å². The molecule has 0 aliphatic rings. The van der Waals surface area contributed by atoms with Crippen LogP contribution in [-0.2, 0) is 0 Å². The average Bonchev–Trinajstić information content (AvgIpc) is 2.19. The lowest BCUT2D eigenvalue weighted by Gasteiger charge is -1.96. The van der Waals surface area contributed by atoms with Crippen molar-refractivity contribution in [2.75, 3.05) is 0 Å². The van der Waals surface area contributed by atoms with Gasteiger partial charge in [0.2, 0.25) is 0 Å². The third-order valence-corrected chi connectivity index (χ3v) is 1.79. The Morgan fingerprint density at radius 2 is 2.14 bits per heavy atom. The van der Waals surface area contributed by atoms with Crippen LogP contribution in [0.1, 0.15) is 0 Å². The van der Waals surface area contributed by atoms with Crippen molar-refractivity contribution in [2.24, 2.45) is 0 Å². The number of pyridine rings is 1. The Labute approximate surface area is 78.5 Å². The van der Waals surface area contributed by atoms with E-state index in [0.717, 1.165) is 0 Å². The Bertz CT molecular complexity index is 542. The van der Waals surface area contributed by atoms with E-state index in [4.69, 9.17) is 0 Å². The van der Waals surface area contributed by atoms with Gasteiger partial charge in [-0.2, -0.15) is 0 Å². The van der Waals surface area contributed by atoms with Gasteiger partial charge in [0.05, 0.1) is 5.56 Å². The molecule has 0 aromatic carbocycles. The van der Waals surface area contributed by atoms with Crippen molar-refractivity contribution in [1.82, 2.24) is 15.0 Å². The fraction of sp³-hybridized carbons (Fsp3) is 0. The molecule has 0 radical (unpaired) electrons. The van der Waals surface area contributed by atoms with Crippen LogP contribution >= 0.6 is 0 Å². The first kappa shape index (κ1) is 8.43. The van der Waals surface area contributed by atoms with Gasteiger partial charge in [0.1, 0.15) is 0 Å². The van der Waals surface area contributed by atoms with Crippen LogP contribution in [0.5, 0.6) is 0 Å². The smallest absolute Gasteiger partial charge is 0.313 e. The summed E-state index contributed by atoms with van der Waals surface area (Å²) >= 11 is 0. The van der Waals surface area contributed by atoms with Crippen molar-refractivity contribution in [3.05, 3.63) is 51.6 Å². The summed E-state index contributed by atoms with van der Waals surface area (Å²) in [5, 5.41) is 0. The zero-order valence-corrected chi connectivity index (χ0v) is 7.15. The third kappa shape index (κ3) is 1.47. The topological polar surface area (TPSA) is 78.6 Å². The van der Waals surface area contributed by atoms with E-state index in [9.17, 15) is 9.59 Å². The molecule has 0 saturated carbocycles. The van der Waals surface area contributed by atoms with Gasteiger partial charge >= 0.3 is 5.69 Å². The second kappa shape index (κ2) is 3.29. The molecule has 2 aromatic heterocycles. The summed E-state index contributed by atoms with van der Waals surface area (Å²) in [4.78, 5) is 30.5. The zero-order valence-electron chi connectivity index (χ0n) is 7.15. The molecular formula is C9H7N3O2. The SMILES string of the molecule is O=c1[nH]cc(-c2cccnc2)c(=O)[nH]1. The van der Waals surface area contributed by atoms with E-state index in [1.165, 1.54) is 6.20 Å². The highest BCUT2D eigenvalue weighted by molar-refractivity contribution is 5.59. The van der Waals surface area contributed by atoms with Gasteiger partial charge < -0.3 is 4.98 Å². The van der Waals surface area contributed by atoms with E-state index in [1.54, 1.807) is 24.5 Å². The van der Waals surface area contributed by atoms with E-state index >= 15 is 0 Å². The van der Waals surface area contributed by atoms with Crippen LogP contribution in [0, 0.1) is 0 Å². The molecule has 0 amide bonds. The maximum atomic E-state index is 11.3. The van der Waals surface area contributed by atoms with Gasteiger partial charge in [0.15, 0.2) is 0 Å². The molecule has 0 spiro atoms. The van der Waals surface area contributed by atoms with Gasteiger partial charge in [-0.1, -0.05) is 6.07 Å². The van der Waals surface area contributed by atoms with Gasteiger partial charge in [0, 0.05) is 24.2 Å². The Balaban J connectivity index is 2.64. The second-order valence-electron chi connectivity index (χ2n) is 2.73. The third-order valence-electron chi connectivity index (χ3n) is 1.79. The average molecular weight is 189 g/mol. The summed E-state index contributed by atoms with van der Waals surface area (Å²) in [7, 11) is 0. The Morgan fingerprint density at radius 1 is 1.29 bits per heavy atom. The number of aromatic nitrogens is 3. The lowest BCUT2D eigenvalue weighted by Crippen LogP contribution is -2.22. The summed E-state index contributed by atoms with van der Waals surface area (Å²) in [6.45, 7) is 0. The number of hydrogen-bond donors (Lipinski definition) is 2. The quantitative estimate of drug-likeness (QED) is 0.669. The minimum absolute atomic E-state index is 0.401. The first-order chi connectivity index (χ1) is 6.77. The highest BCUT2D eigenvalue weighted by Crippen LogP contribution is 2.09. The fourth-order valence-corrected chi connectivity index (χ4v) is 1.15. The van der Waals surface area contributed by atoms with Gasteiger partial charge in [-0.15, -0.1) is 0 Å². The minimum Gasteiger partial charge on any atom is -0.313 e. The number of nitrogens with zero attached hydrogens (tertiary/aromatic N) is 1. The van der Waals surface area contributed by atoms with E-state index < -0.39 is 11.2 Å². The molecule has 0 bridgehead atoms. The lowest BCUT2D eigenvalue weighted by atomic mass is 10.1. The Morgan fingerprint density at radius 3 is 2.79 bits per heavy atom. The number of H-pyrrole nitrogens is 2. The molecule has 2 rings (SSSR count). The summed E-state index contributed by atoms with van der Waals surface area (Å²) in [5.74, 6) is 0. The molecule has 2 aromatic rings. The molecule has 5 heteroatoms. The summed E-state index contributed by atoms with van der Waals surface area (Å²) in [5.41, 5.74) is 0.145. The van der Waals surface area contributed by atoms with Crippen molar-refractivity contribution in [3.63, 3.8) is 0 Å². The highest BCUT2D eigenvalue weighted by Gasteiger charge is 2.02. The first-order valence-electron chi connectivity index (χ1n) is 4.00. The van der Waals surface area contributed by atoms with Crippen molar-refractivity contribution in [2.45, 2.75) is 0 Å². The number of hydrogen-bond acceptors (Lipinski definition) is 3. The van der Waals surface area contributed by atoms with Crippen LogP contribution in [0.15, 0.2) is 40.3 Å². The van der Waals surface area contributed by atoms with Crippen LogP contribution in [0.2, 0.25) is 0 Å². The Kier molecular flexibility index (Phi) is 1.98. The summed E-state index contributed by atoms with van der Waals surface area (Å²) in [6, 6.07) is 3.47. The summed E-state index contributed by atoms with van der Waals surface area (Å²) < 4.78 is 0. The molecule has 70 valence electrons. The predicted molar refractivity (Wildman–Crippen MR) is 50.9 cm³/mol. The second-order valence-corrected chi connectivity index (χ2v) is 2.73. The van der Waals surface area contributed by atoms with Crippen LogP contribution < -0.4 is 11.2 Å². The maximum Gasteiger partial charge on any atom is 0.325 e. The van der Waals surface area contributed by atoms with Crippen LogP contribution in [0.3, 0.4) is 0 Å². The van der Waals surface area contributed by atoms with Gasteiger partial charge in [-0.3, -0.25) is 14.8 Å². The van der Waals surface area contributed by atoms with Gasteiger partial charge in [0.25, 0.3) is 5.56 Å². The standard InChI is InChI=1S/C9H7N3O2/c13-8-7(5-11-9(14)12-8)6-2-1-3-10-4-6/h1-5H,(H2,11,12,13,14). The number of rotatable bonds is 1. The van der Waals surface area contributed by atoms with Crippen LogP contribution in [0.4, 0.5) is 0 Å². The minimum atomic E-state index is -0.511. The molecule has 2 heterocycles. The molecule has 0 aliphatic carbocycles. The molecule has 0 atom stereocenters. The largest absolute Gasteiger partial charge is 0.325 e. The van der Waals surface area contributed by atoms with Crippen molar-refractivity contribution in [1.29, 1.82) is 0 Å². The maximum absolute atomic E-state index is 11.3. The molecule has 0 aliphatic heterocycles. The molecule has 5 nitrogen and oxygen atoms in total. The molecular weight excluding hydrogens is 182 g/mol. The van der Waals surface area contributed by atoms with Crippen LogP contribution in [0.25, 0.3) is 11.1 Å². The number of nitrogens with one attached hydrogen (secondary N) is 2. The highest BCUT2D eigenvalue weighted by atomic mass is 16.2. The van der Waals surface area contributed by atoms with Crippen molar-refractivity contribution >= 4 is 0 Å². The van der Waals surface area contributed by atoms with E-state index in [1.807, 2.05) is 0 Å². The molecule has 0 fully saturated rings. The van der Waals surface area contributed by atoms with Crippen molar-refractivity contribution < 1.29 is 0 Å². The van der Waals surface area contributed by atoms with E-state index in [0.29, 0.717) is 11.1 Å². The van der Waals surface area contributed by atoms with Crippen molar-refractivity contribution in [3.8, 4) is 11.1 Å². The summed E-state index contributed by atoms with van der Waals surface area (Å²) in [6.07, 6.45) is 4.55. The Hall–Kier alpha value is -2.17.